The molecule has 1 rings (SSSR count). The third-order valence-electron chi connectivity index (χ3n) is 2.76. The summed E-state index contributed by atoms with van der Waals surface area (Å²) in [6.45, 7) is 17.5. The SMILES string of the molecule is CC.CCCN(CC)Sc1cccc(C(C)(C)C)c1. The lowest BCUT2D eigenvalue weighted by molar-refractivity contribution is 0.493. The first-order valence-electron chi connectivity index (χ1n) is 7.50. The predicted octanol–water partition coefficient (Wildman–Crippen LogP) is 5.75. The Morgan fingerprint density at radius 3 is 2.21 bits per heavy atom. The molecule has 0 unspecified atom stereocenters. The van der Waals surface area contributed by atoms with E-state index in [-0.39, 0.29) is 5.41 Å². The van der Waals surface area contributed by atoms with E-state index in [0.29, 0.717) is 0 Å². The van der Waals surface area contributed by atoms with Gasteiger partial charge in [-0.25, -0.2) is 4.31 Å². The van der Waals surface area contributed by atoms with Crippen LogP contribution in [0.1, 0.15) is 60.5 Å². The quantitative estimate of drug-likeness (QED) is 0.632. The normalized spacial score (nSPS) is 11.2. The van der Waals surface area contributed by atoms with Gasteiger partial charge in [-0.1, -0.05) is 60.6 Å². The van der Waals surface area contributed by atoms with Crippen LogP contribution in [-0.4, -0.2) is 17.4 Å². The van der Waals surface area contributed by atoms with Crippen LogP contribution < -0.4 is 0 Å². The maximum Gasteiger partial charge on any atom is 0.0233 e. The van der Waals surface area contributed by atoms with Gasteiger partial charge in [0.25, 0.3) is 0 Å². The third kappa shape index (κ3) is 7.03. The number of rotatable bonds is 5. The van der Waals surface area contributed by atoms with E-state index in [4.69, 9.17) is 0 Å². The summed E-state index contributed by atoms with van der Waals surface area (Å²) < 4.78 is 2.42. The molecule has 0 bridgehead atoms. The smallest absolute Gasteiger partial charge is 0.0233 e. The molecular formula is C17H31NS. The Morgan fingerprint density at radius 1 is 1.11 bits per heavy atom. The van der Waals surface area contributed by atoms with Crippen molar-refractivity contribution < 1.29 is 0 Å². The van der Waals surface area contributed by atoms with Crippen LogP contribution in [-0.2, 0) is 5.41 Å². The minimum absolute atomic E-state index is 0.234. The average Bonchev–Trinajstić information content (AvgIpc) is 2.40. The second kappa shape index (κ2) is 9.44. The first-order valence-corrected chi connectivity index (χ1v) is 8.28. The number of hydrogen-bond donors (Lipinski definition) is 0. The minimum Gasteiger partial charge on any atom is -0.247 e. The minimum atomic E-state index is 0.234. The fraction of sp³-hybridized carbons (Fsp3) is 0.647. The Hall–Kier alpha value is -0.470. The van der Waals surface area contributed by atoms with Gasteiger partial charge in [0.1, 0.15) is 0 Å². The highest BCUT2D eigenvalue weighted by atomic mass is 32.2. The highest BCUT2D eigenvalue weighted by Gasteiger charge is 2.14. The van der Waals surface area contributed by atoms with Crippen molar-refractivity contribution in [2.75, 3.05) is 13.1 Å². The van der Waals surface area contributed by atoms with Gasteiger partial charge in [-0.05, 0) is 41.5 Å². The Labute approximate surface area is 124 Å². The Kier molecular flexibility index (Phi) is 9.20. The molecule has 19 heavy (non-hydrogen) atoms. The molecule has 0 heterocycles. The average molecular weight is 282 g/mol. The zero-order valence-corrected chi connectivity index (χ0v) is 14.6. The first-order chi connectivity index (χ1) is 8.97. The van der Waals surface area contributed by atoms with Gasteiger partial charge in [0.2, 0.25) is 0 Å². The lowest BCUT2D eigenvalue weighted by Gasteiger charge is -2.22. The Morgan fingerprint density at radius 2 is 1.74 bits per heavy atom. The molecule has 0 atom stereocenters. The molecule has 0 N–H and O–H groups in total. The molecule has 110 valence electrons. The van der Waals surface area contributed by atoms with E-state index in [0.717, 1.165) is 13.1 Å². The second-order valence-electron chi connectivity index (χ2n) is 5.39. The van der Waals surface area contributed by atoms with Crippen LogP contribution in [0.15, 0.2) is 29.2 Å². The molecule has 0 spiro atoms. The number of nitrogens with zero attached hydrogens (tertiary/aromatic N) is 1. The standard InChI is InChI=1S/C15H25NS.C2H6/c1-6-11-16(7-2)17-14-10-8-9-13(12-14)15(3,4)5;1-2/h8-10,12H,6-7,11H2,1-5H3;1-2H3. The summed E-state index contributed by atoms with van der Waals surface area (Å²) in [5, 5.41) is 0. The van der Waals surface area contributed by atoms with Crippen LogP contribution in [0.2, 0.25) is 0 Å². The summed E-state index contributed by atoms with van der Waals surface area (Å²) in [4.78, 5) is 1.35. The fourth-order valence-corrected chi connectivity index (χ4v) is 2.71. The summed E-state index contributed by atoms with van der Waals surface area (Å²) in [7, 11) is 0. The maximum atomic E-state index is 2.42. The molecule has 1 aromatic carbocycles. The lowest BCUT2D eigenvalue weighted by atomic mass is 9.87. The molecule has 0 saturated heterocycles. The highest BCUT2D eigenvalue weighted by Crippen LogP contribution is 2.28. The highest BCUT2D eigenvalue weighted by molar-refractivity contribution is 7.97. The summed E-state index contributed by atoms with van der Waals surface area (Å²) in [5.74, 6) is 0. The van der Waals surface area contributed by atoms with Crippen LogP contribution in [0.3, 0.4) is 0 Å². The summed E-state index contributed by atoms with van der Waals surface area (Å²) >= 11 is 1.88. The second-order valence-corrected chi connectivity index (χ2v) is 6.56. The predicted molar refractivity (Wildman–Crippen MR) is 89.9 cm³/mol. The lowest BCUT2D eigenvalue weighted by Crippen LogP contribution is -2.16. The van der Waals surface area contributed by atoms with Crippen LogP contribution in [0.4, 0.5) is 0 Å². The van der Waals surface area contributed by atoms with Gasteiger partial charge < -0.3 is 0 Å². The monoisotopic (exact) mass is 281 g/mol. The summed E-state index contributed by atoms with van der Waals surface area (Å²) in [6, 6.07) is 8.92. The number of hydrogen-bond acceptors (Lipinski definition) is 2. The molecule has 0 fully saturated rings. The van der Waals surface area contributed by atoms with Crippen LogP contribution in [0.5, 0.6) is 0 Å². The van der Waals surface area contributed by atoms with Gasteiger partial charge in [0, 0.05) is 18.0 Å². The van der Waals surface area contributed by atoms with Crippen molar-refractivity contribution in [1.82, 2.24) is 4.31 Å². The van der Waals surface area contributed by atoms with E-state index >= 15 is 0 Å². The van der Waals surface area contributed by atoms with Crippen LogP contribution >= 0.6 is 11.9 Å². The molecule has 0 amide bonds. The van der Waals surface area contributed by atoms with Crippen molar-refractivity contribution in [1.29, 1.82) is 0 Å². The van der Waals surface area contributed by atoms with Crippen molar-refractivity contribution in [3.8, 4) is 0 Å². The van der Waals surface area contributed by atoms with Gasteiger partial charge >= 0.3 is 0 Å². The maximum absolute atomic E-state index is 2.42. The van der Waals surface area contributed by atoms with Gasteiger partial charge in [0.15, 0.2) is 0 Å². The Balaban J connectivity index is 0.00000154. The summed E-state index contributed by atoms with van der Waals surface area (Å²) in [6.07, 6.45) is 1.21. The first kappa shape index (κ1) is 18.5. The Bertz CT molecular complexity index is 341. The molecule has 0 radical (unpaired) electrons. The van der Waals surface area contributed by atoms with Gasteiger partial charge in [-0.3, -0.25) is 0 Å². The van der Waals surface area contributed by atoms with Crippen LogP contribution in [0, 0.1) is 0 Å². The molecule has 0 aliphatic heterocycles. The molecule has 1 aromatic rings. The van der Waals surface area contributed by atoms with Crippen molar-refractivity contribution in [2.45, 2.75) is 65.2 Å². The molecule has 2 heteroatoms. The molecule has 0 aliphatic rings. The van der Waals surface area contributed by atoms with E-state index in [1.54, 1.807) is 0 Å². The fourth-order valence-electron chi connectivity index (χ4n) is 1.69. The molecule has 0 aliphatic carbocycles. The van der Waals surface area contributed by atoms with E-state index in [2.05, 4.69) is 63.2 Å². The third-order valence-corrected chi connectivity index (χ3v) is 3.92. The topological polar surface area (TPSA) is 3.24 Å². The van der Waals surface area contributed by atoms with E-state index in [1.165, 1.54) is 16.9 Å². The number of benzene rings is 1. The van der Waals surface area contributed by atoms with Gasteiger partial charge in [-0.15, -0.1) is 0 Å². The van der Waals surface area contributed by atoms with E-state index in [9.17, 15) is 0 Å². The van der Waals surface area contributed by atoms with Crippen molar-refractivity contribution >= 4 is 11.9 Å². The van der Waals surface area contributed by atoms with E-state index in [1.807, 2.05) is 25.8 Å². The molecular weight excluding hydrogens is 250 g/mol. The van der Waals surface area contributed by atoms with E-state index < -0.39 is 0 Å². The van der Waals surface area contributed by atoms with Gasteiger partial charge in [-0.2, -0.15) is 0 Å². The largest absolute Gasteiger partial charge is 0.247 e. The van der Waals surface area contributed by atoms with Crippen molar-refractivity contribution in [3.63, 3.8) is 0 Å². The molecule has 0 saturated carbocycles. The summed E-state index contributed by atoms with van der Waals surface area (Å²) in [5.41, 5.74) is 1.65. The van der Waals surface area contributed by atoms with Gasteiger partial charge in [0.05, 0.1) is 0 Å². The zero-order valence-electron chi connectivity index (χ0n) is 13.8. The van der Waals surface area contributed by atoms with Crippen molar-refractivity contribution in [2.24, 2.45) is 0 Å². The van der Waals surface area contributed by atoms with Crippen LogP contribution in [0.25, 0.3) is 0 Å². The molecule has 0 aromatic heterocycles. The zero-order chi connectivity index (χ0) is 14.9. The molecule has 1 nitrogen and oxygen atoms in total. The van der Waals surface area contributed by atoms with Crippen molar-refractivity contribution in [3.05, 3.63) is 29.8 Å².